The molecule has 0 spiro atoms. The minimum absolute atomic E-state index is 0.0189. The van der Waals surface area contributed by atoms with Crippen molar-refractivity contribution in [2.45, 2.75) is 40.5 Å². The Hall–Kier alpha value is -3.74. The fourth-order valence-corrected chi connectivity index (χ4v) is 4.99. The number of para-hydroxylation sites is 1. The van der Waals surface area contributed by atoms with Crippen molar-refractivity contribution >= 4 is 28.3 Å². The first-order valence-corrected chi connectivity index (χ1v) is 11.8. The highest BCUT2D eigenvalue weighted by Gasteiger charge is 2.28. The van der Waals surface area contributed by atoms with Gasteiger partial charge in [-0.1, -0.05) is 24.3 Å². The predicted octanol–water partition coefficient (Wildman–Crippen LogP) is 4.90. The molecule has 34 heavy (non-hydrogen) atoms. The fourth-order valence-electron chi connectivity index (χ4n) is 4.99. The molecule has 0 radical (unpaired) electrons. The summed E-state index contributed by atoms with van der Waals surface area (Å²) in [4.78, 5) is 15.1. The van der Waals surface area contributed by atoms with Crippen LogP contribution in [0.4, 0.5) is 11.5 Å². The first-order valence-electron chi connectivity index (χ1n) is 11.8. The van der Waals surface area contributed by atoms with Crippen LogP contribution in [0.1, 0.15) is 35.4 Å². The highest BCUT2D eigenvalue weighted by atomic mass is 16.1. The lowest BCUT2D eigenvalue weighted by molar-refractivity contribution is -0.120. The van der Waals surface area contributed by atoms with Crippen LogP contribution in [0.15, 0.2) is 48.5 Å². The summed E-state index contributed by atoms with van der Waals surface area (Å²) in [7, 11) is 0. The van der Waals surface area contributed by atoms with Crippen LogP contribution >= 0.6 is 0 Å². The number of rotatable bonds is 4. The van der Waals surface area contributed by atoms with Crippen LogP contribution in [0.2, 0.25) is 0 Å². The number of benzene rings is 2. The van der Waals surface area contributed by atoms with Gasteiger partial charge in [-0.25, -0.2) is 4.68 Å². The maximum Gasteiger partial charge on any atom is 0.227 e. The summed E-state index contributed by atoms with van der Waals surface area (Å²) in [6.07, 6.45) is 1.54. The molecule has 5 rings (SSSR count). The second-order valence-electron chi connectivity index (χ2n) is 9.29. The highest BCUT2D eigenvalue weighted by molar-refractivity contribution is 5.94. The summed E-state index contributed by atoms with van der Waals surface area (Å²) in [5, 5.41) is 18.1. The fraction of sp³-hybridized carbons (Fsp3) is 0.333. The van der Waals surface area contributed by atoms with Crippen molar-refractivity contribution in [3.05, 3.63) is 71.0 Å². The number of aryl methyl sites for hydroxylation is 4. The van der Waals surface area contributed by atoms with Gasteiger partial charge in [0.05, 0.1) is 22.5 Å². The molecule has 0 aliphatic carbocycles. The molecule has 0 atom stereocenters. The van der Waals surface area contributed by atoms with Gasteiger partial charge in [-0.3, -0.25) is 4.79 Å². The molecule has 0 unspecified atom stereocenters. The first kappa shape index (κ1) is 22.1. The Balaban J connectivity index is 1.36. The molecule has 3 heterocycles. The van der Waals surface area contributed by atoms with Crippen LogP contribution in [0, 0.1) is 33.6 Å². The quantitative estimate of drug-likeness (QED) is 0.474. The van der Waals surface area contributed by atoms with E-state index in [1.165, 1.54) is 0 Å². The second-order valence-corrected chi connectivity index (χ2v) is 9.29. The molecule has 1 fully saturated rings. The number of piperidine rings is 1. The molecule has 1 amide bonds. The molecule has 2 aromatic heterocycles. The average Bonchev–Trinajstić information content (AvgIpc) is 3.17. The molecular formula is C27H30N6O. The lowest BCUT2D eigenvalue weighted by Crippen LogP contribution is -2.38. The normalized spacial score (nSPS) is 14.5. The van der Waals surface area contributed by atoms with E-state index < -0.39 is 0 Å². The van der Waals surface area contributed by atoms with E-state index in [2.05, 4.69) is 45.5 Å². The number of hydrogen-bond donors (Lipinski definition) is 1. The van der Waals surface area contributed by atoms with Crippen molar-refractivity contribution in [1.29, 1.82) is 0 Å². The Labute approximate surface area is 199 Å². The minimum atomic E-state index is -0.0189. The van der Waals surface area contributed by atoms with Gasteiger partial charge in [-0.05, 0) is 75.9 Å². The van der Waals surface area contributed by atoms with Crippen LogP contribution in [0.25, 0.3) is 16.6 Å². The standard InChI is InChI=1S/C27H30N6O/c1-17-14-18(2)16-22(15-17)28-27(34)21-10-12-32(13-11-21)26-25-24(19(3)29-30-26)20(4)33(31-25)23-8-6-5-7-9-23/h5-9,14-16,21H,10-13H2,1-4H3,(H,28,34). The van der Waals surface area contributed by atoms with Gasteiger partial charge in [0, 0.05) is 24.7 Å². The van der Waals surface area contributed by atoms with E-state index in [9.17, 15) is 4.79 Å². The highest BCUT2D eigenvalue weighted by Crippen LogP contribution is 2.31. The van der Waals surface area contributed by atoms with Gasteiger partial charge in [0.1, 0.15) is 5.52 Å². The largest absolute Gasteiger partial charge is 0.353 e. The number of hydrogen-bond acceptors (Lipinski definition) is 5. The van der Waals surface area contributed by atoms with E-state index in [1.807, 2.05) is 55.8 Å². The predicted molar refractivity (Wildman–Crippen MR) is 136 cm³/mol. The summed E-state index contributed by atoms with van der Waals surface area (Å²) in [6, 6.07) is 16.3. The summed E-state index contributed by atoms with van der Waals surface area (Å²) in [5.74, 6) is 0.870. The third-order valence-electron chi connectivity index (χ3n) is 6.64. The van der Waals surface area contributed by atoms with Gasteiger partial charge in [-0.2, -0.15) is 10.2 Å². The Morgan fingerprint density at radius 2 is 1.62 bits per heavy atom. The van der Waals surface area contributed by atoms with E-state index >= 15 is 0 Å². The van der Waals surface area contributed by atoms with E-state index in [0.717, 1.165) is 76.5 Å². The van der Waals surface area contributed by atoms with E-state index in [1.54, 1.807) is 0 Å². The first-order chi connectivity index (χ1) is 16.4. The lowest BCUT2D eigenvalue weighted by Gasteiger charge is -2.32. The molecule has 4 aromatic rings. The maximum atomic E-state index is 12.9. The van der Waals surface area contributed by atoms with Crippen molar-refractivity contribution < 1.29 is 4.79 Å². The van der Waals surface area contributed by atoms with Crippen molar-refractivity contribution in [2.24, 2.45) is 5.92 Å². The number of nitrogens with one attached hydrogen (secondary N) is 1. The van der Waals surface area contributed by atoms with Crippen LogP contribution in [0.3, 0.4) is 0 Å². The van der Waals surface area contributed by atoms with E-state index in [0.29, 0.717) is 0 Å². The monoisotopic (exact) mass is 454 g/mol. The van der Waals surface area contributed by atoms with Crippen LogP contribution < -0.4 is 10.2 Å². The van der Waals surface area contributed by atoms with Crippen molar-refractivity contribution in [1.82, 2.24) is 20.0 Å². The van der Waals surface area contributed by atoms with Gasteiger partial charge >= 0.3 is 0 Å². The Bertz CT molecular complexity index is 1330. The topological polar surface area (TPSA) is 75.9 Å². The van der Waals surface area contributed by atoms with Gasteiger partial charge in [0.25, 0.3) is 0 Å². The van der Waals surface area contributed by atoms with Crippen molar-refractivity contribution in [3.63, 3.8) is 0 Å². The van der Waals surface area contributed by atoms with E-state index in [4.69, 9.17) is 5.10 Å². The zero-order valence-corrected chi connectivity index (χ0v) is 20.2. The van der Waals surface area contributed by atoms with Crippen LogP contribution in [-0.2, 0) is 4.79 Å². The number of carbonyl (C=O) groups excluding carboxylic acids is 1. The molecule has 1 saturated heterocycles. The molecule has 174 valence electrons. The zero-order chi connectivity index (χ0) is 23.8. The van der Waals surface area contributed by atoms with Crippen LogP contribution in [-0.4, -0.2) is 39.0 Å². The van der Waals surface area contributed by atoms with Crippen LogP contribution in [0.5, 0.6) is 0 Å². The molecule has 0 bridgehead atoms. The smallest absolute Gasteiger partial charge is 0.227 e. The molecule has 2 aromatic carbocycles. The molecule has 7 nitrogen and oxygen atoms in total. The number of amides is 1. The molecule has 7 heteroatoms. The lowest BCUT2D eigenvalue weighted by atomic mass is 9.95. The second kappa shape index (κ2) is 8.89. The average molecular weight is 455 g/mol. The summed E-state index contributed by atoms with van der Waals surface area (Å²) >= 11 is 0. The number of anilines is 2. The number of carbonyl (C=O) groups is 1. The van der Waals surface area contributed by atoms with E-state index in [-0.39, 0.29) is 11.8 Å². The zero-order valence-electron chi connectivity index (χ0n) is 20.2. The molecule has 0 saturated carbocycles. The van der Waals surface area contributed by atoms with Gasteiger partial charge in [0.2, 0.25) is 5.91 Å². The number of nitrogens with zero attached hydrogens (tertiary/aromatic N) is 5. The minimum Gasteiger partial charge on any atom is -0.353 e. The Morgan fingerprint density at radius 3 is 2.29 bits per heavy atom. The number of aromatic nitrogens is 4. The summed E-state index contributed by atoms with van der Waals surface area (Å²) in [5.41, 5.74) is 6.99. The summed E-state index contributed by atoms with van der Waals surface area (Å²) < 4.78 is 1.97. The van der Waals surface area contributed by atoms with Gasteiger partial charge in [-0.15, -0.1) is 5.10 Å². The summed E-state index contributed by atoms with van der Waals surface area (Å²) in [6.45, 7) is 9.64. The van der Waals surface area contributed by atoms with Gasteiger partial charge in [0.15, 0.2) is 5.82 Å². The molecule has 1 aliphatic heterocycles. The SMILES string of the molecule is Cc1cc(C)cc(NC(=O)C2CCN(c3nnc(C)c4c(C)n(-c5ccccc5)nc34)CC2)c1. The molecule has 1 aliphatic rings. The number of fused-ring (bicyclic) bond motifs is 1. The van der Waals surface area contributed by atoms with Gasteiger partial charge < -0.3 is 10.2 Å². The van der Waals surface area contributed by atoms with Crippen molar-refractivity contribution in [3.8, 4) is 5.69 Å². The molecular weight excluding hydrogens is 424 g/mol. The maximum absolute atomic E-state index is 12.9. The molecule has 1 N–H and O–H groups in total. The Kier molecular flexibility index (Phi) is 5.77. The third-order valence-corrected chi connectivity index (χ3v) is 6.64. The third kappa shape index (κ3) is 4.14. The van der Waals surface area contributed by atoms with Crippen molar-refractivity contribution in [2.75, 3.05) is 23.3 Å². The Morgan fingerprint density at radius 1 is 0.941 bits per heavy atom.